The Hall–Kier alpha value is -1.64. The van der Waals surface area contributed by atoms with Crippen LogP contribution in [0.2, 0.25) is 0 Å². The van der Waals surface area contributed by atoms with Crippen molar-refractivity contribution in [1.29, 1.82) is 0 Å². The summed E-state index contributed by atoms with van der Waals surface area (Å²) in [6.07, 6.45) is 0. The number of rotatable bonds is 9. The fourth-order valence-electron chi connectivity index (χ4n) is 2.08. The molecule has 2 N–H and O–H groups in total. The molecule has 0 saturated heterocycles. The predicted molar refractivity (Wildman–Crippen MR) is 91.6 cm³/mol. The zero-order valence-corrected chi connectivity index (χ0v) is 15.6. The number of sulfonamides is 1. The molecule has 0 fully saturated rings. The lowest BCUT2D eigenvalue weighted by atomic mass is 10.2. The van der Waals surface area contributed by atoms with E-state index < -0.39 is 10.0 Å². The fourth-order valence-corrected chi connectivity index (χ4v) is 3.42. The number of benzene rings is 1. The van der Waals surface area contributed by atoms with Crippen LogP contribution in [0.25, 0.3) is 0 Å². The van der Waals surface area contributed by atoms with E-state index in [-0.39, 0.29) is 29.5 Å². The molecule has 0 aliphatic carbocycles. The van der Waals surface area contributed by atoms with Gasteiger partial charge in [-0.1, -0.05) is 0 Å². The molecule has 0 unspecified atom stereocenters. The smallest absolute Gasteiger partial charge is 0.258 e. The van der Waals surface area contributed by atoms with Crippen molar-refractivity contribution in [3.63, 3.8) is 0 Å². The molecule has 7 nitrogen and oxygen atoms in total. The summed E-state index contributed by atoms with van der Waals surface area (Å²) in [6.45, 7) is 7.34. The number of ether oxygens (including phenoxy) is 2. The molecule has 0 bridgehead atoms. The van der Waals surface area contributed by atoms with Gasteiger partial charge >= 0.3 is 0 Å². The first-order chi connectivity index (χ1) is 11.2. The molecule has 0 spiro atoms. The second-order valence-electron chi connectivity index (χ2n) is 5.92. The number of carbonyl (C=O) groups excluding carboxylic acids is 1. The van der Waals surface area contributed by atoms with E-state index in [1.165, 1.54) is 12.1 Å². The van der Waals surface area contributed by atoms with Crippen LogP contribution in [0.3, 0.4) is 0 Å². The molecule has 0 aliphatic rings. The first kappa shape index (κ1) is 20.4. The Labute approximate surface area is 143 Å². The summed E-state index contributed by atoms with van der Waals surface area (Å²) < 4.78 is 37.2. The molecule has 24 heavy (non-hydrogen) atoms. The molecular formula is C16H26N2O5S. The van der Waals surface area contributed by atoms with Gasteiger partial charge in [0.2, 0.25) is 10.0 Å². The van der Waals surface area contributed by atoms with Gasteiger partial charge in [0.15, 0.2) is 6.61 Å². The van der Waals surface area contributed by atoms with E-state index in [1.807, 2.05) is 6.92 Å². The Kier molecular flexibility index (Phi) is 7.65. The van der Waals surface area contributed by atoms with Gasteiger partial charge in [-0.15, -0.1) is 0 Å². The molecular weight excluding hydrogens is 332 g/mol. The van der Waals surface area contributed by atoms with Crippen LogP contribution in [0.15, 0.2) is 23.1 Å². The normalized spacial score (nSPS) is 12.9. The Morgan fingerprint density at radius 1 is 1.25 bits per heavy atom. The van der Waals surface area contributed by atoms with Crippen LogP contribution in [0.4, 0.5) is 0 Å². The van der Waals surface area contributed by atoms with E-state index in [0.29, 0.717) is 17.9 Å². The van der Waals surface area contributed by atoms with Crippen LogP contribution in [-0.4, -0.2) is 46.7 Å². The van der Waals surface area contributed by atoms with Gasteiger partial charge in [-0.25, -0.2) is 13.1 Å². The minimum atomic E-state index is -3.55. The number of hydrogen-bond donors (Lipinski definition) is 2. The molecule has 0 radical (unpaired) electrons. The maximum atomic E-state index is 12.1. The molecule has 1 amide bonds. The van der Waals surface area contributed by atoms with Crippen molar-refractivity contribution in [2.75, 3.05) is 20.3 Å². The van der Waals surface area contributed by atoms with Gasteiger partial charge in [-0.05, 0) is 51.5 Å². The van der Waals surface area contributed by atoms with E-state index in [2.05, 4.69) is 10.0 Å². The highest BCUT2D eigenvalue weighted by molar-refractivity contribution is 7.89. The highest BCUT2D eigenvalue weighted by atomic mass is 32.2. The van der Waals surface area contributed by atoms with Crippen LogP contribution in [0.1, 0.15) is 26.3 Å². The van der Waals surface area contributed by atoms with Crippen molar-refractivity contribution in [1.82, 2.24) is 10.0 Å². The number of hydrogen-bond acceptors (Lipinski definition) is 5. The third kappa shape index (κ3) is 6.46. The third-order valence-corrected chi connectivity index (χ3v) is 4.69. The minimum absolute atomic E-state index is 0.109. The Morgan fingerprint density at radius 2 is 1.92 bits per heavy atom. The van der Waals surface area contributed by atoms with Gasteiger partial charge in [-0.2, -0.15) is 0 Å². The Morgan fingerprint density at radius 3 is 2.46 bits per heavy atom. The second-order valence-corrected chi connectivity index (χ2v) is 7.63. The lowest BCUT2D eigenvalue weighted by Gasteiger charge is -2.15. The summed E-state index contributed by atoms with van der Waals surface area (Å²) in [7, 11) is -1.99. The second kappa shape index (κ2) is 9.00. The van der Waals surface area contributed by atoms with E-state index in [0.717, 1.165) is 0 Å². The van der Waals surface area contributed by atoms with Crippen LogP contribution < -0.4 is 14.8 Å². The van der Waals surface area contributed by atoms with Crippen molar-refractivity contribution in [3.05, 3.63) is 23.8 Å². The number of methoxy groups -OCH3 is 1. The van der Waals surface area contributed by atoms with E-state index in [1.54, 1.807) is 33.9 Å². The fraction of sp³-hybridized carbons (Fsp3) is 0.562. The summed E-state index contributed by atoms with van der Waals surface area (Å²) >= 11 is 0. The maximum absolute atomic E-state index is 12.1. The van der Waals surface area contributed by atoms with Crippen molar-refractivity contribution < 1.29 is 22.7 Å². The topological polar surface area (TPSA) is 93.7 Å². The van der Waals surface area contributed by atoms with Crippen LogP contribution in [0, 0.1) is 6.92 Å². The van der Waals surface area contributed by atoms with Crippen LogP contribution in [0.5, 0.6) is 5.75 Å². The predicted octanol–water partition coefficient (Wildman–Crippen LogP) is 1.21. The van der Waals surface area contributed by atoms with Crippen LogP contribution in [-0.2, 0) is 19.6 Å². The Balaban J connectivity index is 2.71. The molecule has 1 aromatic carbocycles. The van der Waals surface area contributed by atoms with Gasteiger partial charge in [0.25, 0.3) is 5.91 Å². The molecule has 0 aliphatic heterocycles. The van der Waals surface area contributed by atoms with Gasteiger partial charge in [0.05, 0.1) is 11.5 Å². The van der Waals surface area contributed by atoms with Crippen molar-refractivity contribution in [3.8, 4) is 5.75 Å². The SMILES string of the molecule is COC[C@H](C)NC(=O)COc1ccc(S(=O)(=O)NC(C)C)cc1C. The summed E-state index contributed by atoms with van der Waals surface area (Å²) in [5, 5.41) is 2.73. The monoisotopic (exact) mass is 358 g/mol. The molecule has 1 aromatic rings. The minimum Gasteiger partial charge on any atom is -0.484 e. The summed E-state index contributed by atoms with van der Waals surface area (Å²) in [5.41, 5.74) is 0.638. The standard InChI is InChI=1S/C16H26N2O5S/c1-11(2)18-24(20,21)14-6-7-15(12(3)8-14)23-10-16(19)17-13(4)9-22-5/h6-8,11,13,18H,9-10H2,1-5H3,(H,17,19)/t13-/m0/s1. The number of nitrogens with one attached hydrogen (secondary N) is 2. The van der Waals surface area contributed by atoms with Gasteiger partial charge in [0, 0.05) is 19.2 Å². The summed E-state index contributed by atoms with van der Waals surface area (Å²) in [6, 6.07) is 4.23. The van der Waals surface area contributed by atoms with E-state index in [9.17, 15) is 13.2 Å². The highest BCUT2D eigenvalue weighted by Gasteiger charge is 2.17. The molecule has 0 heterocycles. The average molecular weight is 358 g/mol. The molecule has 1 rings (SSSR count). The molecule has 0 aromatic heterocycles. The van der Waals surface area contributed by atoms with Crippen molar-refractivity contribution in [2.45, 2.75) is 44.7 Å². The van der Waals surface area contributed by atoms with E-state index >= 15 is 0 Å². The average Bonchev–Trinajstić information content (AvgIpc) is 2.44. The zero-order chi connectivity index (χ0) is 18.3. The van der Waals surface area contributed by atoms with Crippen molar-refractivity contribution in [2.24, 2.45) is 0 Å². The summed E-state index contributed by atoms with van der Waals surface area (Å²) in [5.74, 6) is 0.199. The first-order valence-electron chi connectivity index (χ1n) is 7.69. The zero-order valence-electron chi connectivity index (χ0n) is 14.8. The quantitative estimate of drug-likeness (QED) is 0.692. The van der Waals surface area contributed by atoms with Gasteiger partial charge in [-0.3, -0.25) is 4.79 Å². The number of carbonyl (C=O) groups is 1. The third-order valence-electron chi connectivity index (χ3n) is 3.03. The van der Waals surface area contributed by atoms with Crippen LogP contribution >= 0.6 is 0 Å². The van der Waals surface area contributed by atoms with E-state index in [4.69, 9.17) is 9.47 Å². The molecule has 0 saturated carbocycles. The first-order valence-corrected chi connectivity index (χ1v) is 9.18. The number of amides is 1. The summed E-state index contributed by atoms with van der Waals surface area (Å²) in [4.78, 5) is 11.9. The highest BCUT2D eigenvalue weighted by Crippen LogP contribution is 2.21. The molecule has 1 atom stereocenters. The lowest BCUT2D eigenvalue weighted by molar-refractivity contribution is -0.124. The van der Waals surface area contributed by atoms with Crippen molar-refractivity contribution >= 4 is 15.9 Å². The van der Waals surface area contributed by atoms with Gasteiger partial charge < -0.3 is 14.8 Å². The maximum Gasteiger partial charge on any atom is 0.258 e. The lowest BCUT2D eigenvalue weighted by Crippen LogP contribution is -2.38. The molecule has 136 valence electrons. The number of aryl methyl sites for hydroxylation is 1. The molecule has 8 heteroatoms. The largest absolute Gasteiger partial charge is 0.484 e. The van der Waals surface area contributed by atoms with Gasteiger partial charge in [0.1, 0.15) is 5.75 Å². The Bertz CT molecular complexity index is 658.